The molecular weight excluding hydrogens is 268 g/mol. The first-order valence-corrected chi connectivity index (χ1v) is 7.61. The van der Waals surface area contributed by atoms with Crippen LogP contribution in [0.2, 0.25) is 0 Å². The maximum absolute atomic E-state index is 12.3. The molecule has 0 aliphatic carbocycles. The summed E-state index contributed by atoms with van der Waals surface area (Å²) >= 11 is 0. The van der Waals surface area contributed by atoms with Crippen LogP contribution in [0.1, 0.15) is 24.2 Å². The smallest absolute Gasteiger partial charge is 0.251 e. The zero-order chi connectivity index (χ0) is 14.8. The van der Waals surface area contributed by atoms with Gasteiger partial charge in [0.25, 0.3) is 5.91 Å². The summed E-state index contributed by atoms with van der Waals surface area (Å²) < 4.78 is 5.49. The van der Waals surface area contributed by atoms with Crippen molar-refractivity contribution in [1.82, 2.24) is 14.9 Å². The maximum Gasteiger partial charge on any atom is 0.251 e. The molecule has 2 aliphatic heterocycles. The molecule has 21 heavy (non-hydrogen) atoms. The molecule has 2 fully saturated rings. The third-order valence-corrected chi connectivity index (χ3v) is 4.15. The van der Waals surface area contributed by atoms with E-state index < -0.39 is 0 Å². The molecule has 0 aromatic carbocycles. The molecule has 2 saturated heterocycles. The van der Waals surface area contributed by atoms with E-state index in [1.54, 1.807) is 6.20 Å². The Morgan fingerprint density at radius 2 is 2.05 bits per heavy atom. The van der Waals surface area contributed by atoms with Crippen molar-refractivity contribution in [3.63, 3.8) is 0 Å². The summed E-state index contributed by atoms with van der Waals surface area (Å²) in [6, 6.07) is 0. The number of aromatic nitrogens is 2. The van der Waals surface area contributed by atoms with Gasteiger partial charge in [0.05, 0.1) is 11.4 Å². The lowest BCUT2D eigenvalue weighted by Crippen LogP contribution is -2.51. The molecule has 3 heterocycles. The summed E-state index contributed by atoms with van der Waals surface area (Å²) in [5.41, 5.74) is 1.87. The number of carbonyl (C=O) groups is 1. The quantitative estimate of drug-likeness (QED) is 0.810. The third kappa shape index (κ3) is 3.00. The van der Waals surface area contributed by atoms with Gasteiger partial charge < -0.3 is 14.5 Å². The number of amides is 1. The van der Waals surface area contributed by atoms with Crippen LogP contribution in [-0.4, -0.2) is 59.7 Å². The van der Waals surface area contributed by atoms with Crippen LogP contribution >= 0.6 is 0 Å². The van der Waals surface area contributed by atoms with Crippen molar-refractivity contribution in [1.29, 1.82) is 0 Å². The fourth-order valence-corrected chi connectivity index (χ4v) is 2.94. The Kier molecular flexibility index (Phi) is 4.05. The Balaban J connectivity index is 1.62. The molecule has 0 bridgehead atoms. The van der Waals surface area contributed by atoms with Crippen LogP contribution in [0.25, 0.3) is 0 Å². The van der Waals surface area contributed by atoms with Gasteiger partial charge in [0.1, 0.15) is 11.9 Å². The molecule has 0 spiro atoms. The largest absolute Gasteiger partial charge is 0.368 e. The molecule has 1 aromatic heterocycles. The summed E-state index contributed by atoms with van der Waals surface area (Å²) in [5, 5.41) is 0. The number of hydrogen-bond acceptors (Lipinski definition) is 5. The number of hydrogen-bond donors (Lipinski definition) is 0. The Hall–Kier alpha value is -1.69. The van der Waals surface area contributed by atoms with Crippen LogP contribution in [0.4, 0.5) is 5.82 Å². The van der Waals surface area contributed by atoms with Crippen LogP contribution in [0.3, 0.4) is 0 Å². The Morgan fingerprint density at radius 1 is 1.29 bits per heavy atom. The number of aryl methyl sites for hydroxylation is 2. The minimum atomic E-state index is -0.211. The van der Waals surface area contributed by atoms with E-state index in [1.165, 1.54) is 0 Å². The number of nitrogens with zero attached hydrogens (tertiary/aromatic N) is 4. The Morgan fingerprint density at radius 3 is 2.71 bits per heavy atom. The summed E-state index contributed by atoms with van der Waals surface area (Å²) in [6.45, 7) is 7.71. The fourth-order valence-electron chi connectivity index (χ4n) is 2.94. The van der Waals surface area contributed by atoms with Crippen molar-refractivity contribution in [2.24, 2.45) is 0 Å². The van der Waals surface area contributed by atoms with E-state index >= 15 is 0 Å². The van der Waals surface area contributed by atoms with Gasteiger partial charge in [0.15, 0.2) is 0 Å². The normalized spacial score (nSPS) is 22.7. The van der Waals surface area contributed by atoms with Gasteiger partial charge in [-0.05, 0) is 26.7 Å². The van der Waals surface area contributed by atoms with Crippen molar-refractivity contribution < 1.29 is 9.53 Å². The number of carbonyl (C=O) groups excluding carboxylic acids is 1. The molecule has 114 valence electrons. The van der Waals surface area contributed by atoms with E-state index in [2.05, 4.69) is 14.9 Å². The predicted octanol–water partition coefficient (Wildman–Crippen LogP) is 0.921. The van der Waals surface area contributed by atoms with E-state index in [0.717, 1.165) is 56.2 Å². The number of rotatable bonds is 2. The van der Waals surface area contributed by atoms with Crippen LogP contribution < -0.4 is 4.90 Å². The molecule has 1 amide bonds. The van der Waals surface area contributed by atoms with Crippen molar-refractivity contribution in [3.05, 3.63) is 17.6 Å². The maximum atomic E-state index is 12.3. The predicted molar refractivity (Wildman–Crippen MR) is 79.3 cm³/mol. The lowest BCUT2D eigenvalue weighted by Gasteiger charge is -2.36. The average Bonchev–Trinajstić information content (AvgIpc) is 3.03. The second-order valence-corrected chi connectivity index (χ2v) is 5.73. The van der Waals surface area contributed by atoms with Crippen molar-refractivity contribution in [3.8, 4) is 0 Å². The minimum absolute atomic E-state index is 0.152. The summed E-state index contributed by atoms with van der Waals surface area (Å²) in [5.74, 6) is 1.10. The second kappa shape index (κ2) is 5.97. The van der Waals surface area contributed by atoms with Gasteiger partial charge >= 0.3 is 0 Å². The molecule has 0 radical (unpaired) electrons. The van der Waals surface area contributed by atoms with Gasteiger partial charge in [-0.2, -0.15) is 0 Å². The van der Waals surface area contributed by atoms with Gasteiger partial charge in [0, 0.05) is 39.0 Å². The molecular formula is C15H22N4O2. The Labute approximate surface area is 125 Å². The summed E-state index contributed by atoms with van der Waals surface area (Å²) in [6.07, 6.45) is 3.43. The van der Waals surface area contributed by atoms with Crippen molar-refractivity contribution in [2.45, 2.75) is 32.8 Å². The Bertz CT molecular complexity index is 520. The molecule has 0 saturated carbocycles. The molecule has 3 rings (SSSR count). The van der Waals surface area contributed by atoms with E-state index in [9.17, 15) is 4.79 Å². The van der Waals surface area contributed by atoms with Crippen LogP contribution in [0.5, 0.6) is 0 Å². The van der Waals surface area contributed by atoms with Gasteiger partial charge in [-0.3, -0.25) is 9.78 Å². The molecule has 6 nitrogen and oxygen atoms in total. The third-order valence-electron chi connectivity index (χ3n) is 4.15. The van der Waals surface area contributed by atoms with Gasteiger partial charge in [-0.15, -0.1) is 0 Å². The van der Waals surface area contributed by atoms with E-state index in [1.807, 2.05) is 18.7 Å². The number of ether oxygens (including phenoxy) is 1. The number of piperazine rings is 1. The standard InChI is InChI=1S/C15H22N4O2/c1-11-10-16-12(2)14(17-11)18-5-7-19(8-6-18)15(20)13-4-3-9-21-13/h10,13H,3-9H2,1-2H3. The zero-order valence-electron chi connectivity index (χ0n) is 12.7. The fraction of sp³-hybridized carbons (Fsp3) is 0.667. The first kappa shape index (κ1) is 14.3. The number of anilines is 1. The minimum Gasteiger partial charge on any atom is -0.368 e. The van der Waals surface area contributed by atoms with Crippen LogP contribution in [0, 0.1) is 13.8 Å². The molecule has 1 aromatic rings. The SMILES string of the molecule is Cc1cnc(C)c(N2CCN(C(=O)C3CCCO3)CC2)n1. The highest BCUT2D eigenvalue weighted by atomic mass is 16.5. The second-order valence-electron chi connectivity index (χ2n) is 5.73. The zero-order valence-corrected chi connectivity index (χ0v) is 12.7. The van der Waals surface area contributed by atoms with Crippen molar-refractivity contribution in [2.75, 3.05) is 37.7 Å². The van der Waals surface area contributed by atoms with E-state index in [4.69, 9.17) is 4.74 Å². The van der Waals surface area contributed by atoms with E-state index in [0.29, 0.717) is 6.61 Å². The highest BCUT2D eigenvalue weighted by Crippen LogP contribution is 2.19. The molecule has 0 N–H and O–H groups in total. The summed E-state index contributed by atoms with van der Waals surface area (Å²) in [4.78, 5) is 25.4. The van der Waals surface area contributed by atoms with E-state index in [-0.39, 0.29) is 12.0 Å². The highest BCUT2D eigenvalue weighted by Gasteiger charge is 2.30. The molecule has 6 heteroatoms. The van der Waals surface area contributed by atoms with Gasteiger partial charge in [-0.1, -0.05) is 0 Å². The topological polar surface area (TPSA) is 58.6 Å². The van der Waals surface area contributed by atoms with Crippen molar-refractivity contribution >= 4 is 11.7 Å². The lowest BCUT2D eigenvalue weighted by molar-refractivity contribution is -0.141. The van der Waals surface area contributed by atoms with Crippen LogP contribution in [0.15, 0.2) is 6.20 Å². The molecule has 1 atom stereocenters. The average molecular weight is 290 g/mol. The summed E-state index contributed by atoms with van der Waals surface area (Å²) in [7, 11) is 0. The lowest BCUT2D eigenvalue weighted by atomic mass is 10.2. The monoisotopic (exact) mass is 290 g/mol. The van der Waals surface area contributed by atoms with Gasteiger partial charge in [0.2, 0.25) is 0 Å². The molecule has 1 unspecified atom stereocenters. The highest BCUT2D eigenvalue weighted by molar-refractivity contribution is 5.81. The van der Waals surface area contributed by atoms with Crippen LogP contribution in [-0.2, 0) is 9.53 Å². The first-order valence-electron chi connectivity index (χ1n) is 7.61. The molecule has 2 aliphatic rings. The van der Waals surface area contributed by atoms with Gasteiger partial charge in [-0.25, -0.2) is 4.98 Å². The first-order chi connectivity index (χ1) is 10.1.